The van der Waals surface area contributed by atoms with Crippen LogP contribution >= 0.6 is 28.3 Å². The highest BCUT2D eigenvalue weighted by molar-refractivity contribution is 9.10. The van der Waals surface area contributed by atoms with Gasteiger partial charge in [-0.1, -0.05) is 15.9 Å². The number of benzene rings is 1. The Morgan fingerprint density at radius 3 is 2.45 bits per heavy atom. The van der Waals surface area contributed by atoms with E-state index < -0.39 is 0 Å². The number of anilines is 1. The van der Waals surface area contributed by atoms with Crippen LogP contribution in [0.1, 0.15) is 5.56 Å². The predicted octanol–water partition coefficient (Wildman–Crippen LogP) is 2.90. The molecule has 0 aliphatic carbocycles. The molecule has 0 fully saturated rings. The monoisotopic (exact) mass is 239 g/mol. The fraction of sp³-hybridized carbons (Fsp3) is 0.143. The Balaban J connectivity index is 0.000001000. The fourth-order valence-electron chi connectivity index (χ4n) is 0.682. The van der Waals surface area contributed by atoms with E-state index in [4.69, 9.17) is 5.73 Å². The van der Waals surface area contributed by atoms with E-state index in [1.807, 2.05) is 0 Å². The molecule has 62 valence electrons. The van der Waals surface area contributed by atoms with Crippen LogP contribution in [0.2, 0.25) is 0 Å². The van der Waals surface area contributed by atoms with Crippen LogP contribution in [0, 0.1) is 12.7 Å². The highest BCUT2D eigenvalue weighted by atomic mass is 79.9. The zero-order chi connectivity index (χ0) is 7.72. The molecule has 1 rings (SSSR count). The summed E-state index contributed by atoms with van der Waals surface area (Å²) in [5.74, 6) is -0.339. The molecule has 1 nitrogen and oxygen atoms in total. The Bertz CT molecular complexity index is 238. The summed E-state index contributed by atoms with van der Waals surface area (Å²) >= 11 is 3.18. The van der Waals surface area contributed by atoms with Crippen molar-refractivity contribution >= 4 is 34.0 Å². The second-order valence-corrected chi connectivity index (χ2v) is 2.93. The first-order valence-electron chi connectivity index (χ1n) is 2.83. The average Bonchev–Trinajstić information content (AvgIpc) is 1.93. The van der Waals surface area contributed by atoms with Gasteiger partial charge in [-0.05, 0) is 19.1 Å². The molecule has 0 atom stereocenters. The molecule has 0 aliphatic rings. The first-order valence-corrected chi connectivity index (χ1v) is 3.62. The van der Waals surface area contributed by atoms with Gasteiger partial charge in [-0.2, -0.15) is 0 Å². The van der Waals surface area contributed by atoms with Crippen LogP contribution < -0.4 is 5.73 Å². The quantitative estimate of drug-likeness (QED) is 0.693. The van der Waals surface area contributed by atoms with Crippen molar-refractivity contribution in [2.24, 2.45) is 0 Å². The summed E-state index contributed by atoms with van der Waals surface area (Å²) in [5, 5.41) is 0. The molecule has 4 heteroatoms. The normalized spacial score (nSPS) is 9.00. The Hall–Kier alpha value is -0.280. The third-order valence-electron chi connectivity index (χ3n) is 1.35. The van der Waals surface area contributed by atoms with Crippen molar-refractivity contribution in [1.82, 2.24) is 0 Å². The summed E-state index contributed by atoms with van der Waals surface area (Å²) in [4.78, 5) is 0. The molecule has 11 heavy (non-hydrogen) atoms. The molecular weight excluding hydrogens is 232 g/mol. The van der Waals surface area contributed by atoms with Gasteiger partial charge in [0.2, 0.25) is 0 Å². The predicted molar refractivity (Wildman–Crippen MR) is 50.5 cm³/mol. The van der Waals surface area contributed by atoms with Crippen molar-refractivity contribution < 1.29 is 4.39 Å². The maximum Gasteiger partial charge on any atom is 0.150 e. The smallest absolute Gasteiger partial charge is 0.150 e. The van der Waals surface area contributed by atoms with Crippen LogP contribution in [0.4, 0.5) is 10.1 Å². The number of hydrogen-bond acceptors (Lipinski definition) is 1. The Labute approximate surface area is 79.3 Å². The zero-order valence-corrected chi connectivity index (χ0v) is 8.30. The number of hydrogen-bond donors (Lipinski definition) is 1. The van der Waals surface area contributed by atoms with Crippen molar-refractivity contribution in [2.75, 3.05) is 5.73 Å². The highest BCUT2D eigenvalue weighted by Gasteiger charge is 2.03. The van der Waals surface area contributed by atoms with Crippen LogP contribution in [-0.2, 0) is 0 Å². The van der Waals surface area contributed by atoms with E-state index in [1.54, 1.807) is 13.0 Å². The second kappa shape index (κ2) is 3.93. The van der Waals surface area contributed by atoms with Crippen LogP contribution in [-0.4, -0.2) is 0 Å². The molecule has 0 bridgehead atoms. The Kier molecular flexibility index (Phi) is 3.83. The molecule has 0 spiro atoms. The largest absolute Gasteiger partial charge is 0.396 e. The van der Waals surface area contributed by atoms with Gasteiger partial charge in [-0.25, -0.2) is 4.39 Å². The van der Waals surface area contributed by atoms with Crippen molar-refractivity contribution in [3.63, 3.8) is 0 Å². The summed E-state index contributed by atoms with van der Waals surface area (Å²) in [7, 11) is 0. The van der Waals surface area contributed by atoms with Crippen molar-refractivity contribution in [3.8, 4) is 0 Å². The highest BCUT2D eigenvalue weighted by Crippen LogP contribution is 2.22. The average molecular weight is 241 g/mol. The number of nitrogen functional groups attached to an aromatic ring is 1. The molecule has 1 aromatic carbocycles. The summed E-state index contributed by atoms with van der Waals surface area (Å²) < 4.78 is 13.6. The first-order chi connectivity index (χ1) is 4.63. The van der Waals surface area contributed by atoms with Gasteiger partial charge in [0.15, 0.2) is 0 Å². The topological polar surface area (TPSA) is 26.0 Å². The van der Waals surface area contributed by atoms with Crippen molar-refractivity contribution in [1.29, 1.82) is 0 Å². The minimum Gasteiger partial charge on any atom is -0.396 e. The summed E-state index contributed by atoms with van der Waals surface area (Å²) in [6.07, 6.45) is 0. The molecule has 0 radical (unpaired) electrons. The van der Waals surface area contributed by atoms with Crippen molar-refractivity contribution in [3.05, 3.63) is 28.0 Å². The van der Waals surface area contributed by atoms with Gasteiger partial charge in [0.25, 0.3) is 0 Å². The number of rotatable bonds is 0. The van der Waals surface area contributed by atoms with E-state index >= 15 is 0 Å². The third kappa shape index (κ3) is 2.07. The molecule has 0 saturated carbocycles. The lowest BCUT2D eigenvalue weighted by Crippen LogP contribution is -1.93. The molecule has 0 heterocycles. The standard InChI is InChI=1S/C7H7BrFN.ClH/c1-4-5(8)2-3-6(10)7(4)9;/h2-3H,10H2,1H3;1H. The lowest BCUT2D eigenvalue weighted by atomic mass is 10.2. The third-order valence-corrected chi connectivity index (χ3v) is 2.21. The van der Waals surface area contributed by atoms with Crippen LogP contribution in [0.25, 0.3) is 0 Å². The summed E-state index contributed by atoms with van der Waals surface area (Å²) in [5.41, 5.74) is 6.04. The van der Waals surface area contributed by atoms with Crippen LogP contribution in [0.5, 0.6) is 0 Å². The summed E-state index contributed by atoms with van der Waals surface area (Å²) in [6.45, 7) is 1.68. The molecular formula is C7H8BrClFN. The molecule has 0 amide bonds. The zero-order valence-electron chi connectivity index (χ0n) is 5.90. The van der Waals surface area contributed by atoms with E-state index in [1.165, 1.54) is 6.07 Å². The van der Waals surface area contributed by atoms with Crippen LogP contribution in [0.3, 0.4) is 0 Å². The molecule has 0 aromatic heterocycles. The summed E-state index contributed by atoms with van der Waals surface area (Å²) in [6, 6.07) is 3.26. The molecule has 0 saturated heterocycles. The van der Waals surface area contributed by atoms with Gasteiger partial charge < -0.3 is 5.73 Å². The van der Waals surface area contributed by atoms with E-state index in [2.05, 4.69) is 15.9 Å². The fourth-order valence-corrected chi connectivity index (χ4v) is 0.989. The molecule has 0 unspecified atom stereocenters. The lowest BCUT2D eigenvalue weighted by molar-refractivity contribution is 0.622. The first kappa shape index (κ1) is 10.7. The molecule has 0 aliphatic heterocycles. The van der Waals surface area contributed by atoms with E-state index in [0.29, 0.717) is 5.56 Å². The van der Waals surface area contributed by atoms with Gasteiger partial charge in [0.1, 0.15) is 5.82 Å². The molecule has 1 aromatic rings. The Morgan fingerprint density at radius 2 is 2.00 bits per heavy atom. The molecule has 2 N–H and O–H groups in total. The maximum absolute atomic E-state index is 12.8. The Morgan fingerprint density at radius 1 is 1.45 bits per heavy atom. The SMILES string of the molecule is Cc1c(Br)ccc(N)c1F.Cl. The van der Waals surface area contributed by atoms with Gasteiger partial charge in [-0.15, -0.1) is 12.4 Å². The lowest BCUT2D eigenvalue weighted by Gasteiger charge is -2.01. The number of halogens is 3. The van der Waals surface area contributed by atoms with Gasteiger partial charge in [-0.3, -0.25) is 0 Å². The van der Waals surface area contributed by atoms with E-state index in [0.717, 1.165) is 4.47 Å². The van der Waals surface area contributed by atoms with Crippen molar-refractivity contribution in [2.45, 2.75) is 6.92 Å². The van der Waals surface area contributed by atoms with E-state index in [-0.39, 0.29) is 23.9 Å². The minimum atomic E-state index is -0.339. The van der Waals surface area contributed by atoms with Gasteiger partial charge >= 0.3 is 0 Å². The second-order valence-electron chi connectivity index (χ2n) is 2.08. The van der Waals surface area contributed by atoms with Gasteiger partial charge in [0.05, 0.1) is 5.69 Å². The number of nitrogens with two attached hydrogens (primary N) is 1. The van der Waals surface area contributed by atoms with Gasteiger partial charge in [0, 0.05) is 10.0 Å². The maximum atomic E-state index is 12.8. The minimum absolute atomic E-state index is 0. The van der Waals surface area contributed by atoms with E-state index in [9.17, 15) is 4.39 Å². The van der Waals surface area contributed by atoms with Crippen LogP contribution in [0.15, 0.2) is 16.6 Å².